The summed E-state index contributed by atoms with van der Waals surface area (Å²) in [5.74, 6) is 0.755. The molecule has 94 valence electrons. The third kappa shape index (κ3) is 1.64. The maximum atomic E-state index is 11.2. The Bertz CT molecular complexity index is 607. The summed E-state index contributed by atoms with van der Waals surface area (Å²) in [5.41, 5.74) is 11.8. The van der Waals surface area contributed by atoms with Gasteiger partial charge in [-0.2, -0.15) is 0 Å². The summed E-state index contributed by atoms with van der Waals surface area (Å²) < 4.78 is 1.83. The van der Waals surface area contributed by atoms with Crippen LogP contribution >= 0.6 is 0 Å². The van der Waals surface area contributed by atoms with Crippen molar-refractivity contribution in [1.82, 2.24) is 14.4 Å². The number of hydrogen-bond acceptors (Lipinski definition) is 5. The number of anilines is 2. The highest BCUT2D eigenvalue weighted by Gasteiger charge is 2.29. The number of amides is 1. The van der Waals surface area contributed by atoms with Gasteiger partial charge in [-0.25, -0.2) is 9.97 Å². The number of nitrogen functional groups attached to an aromatic ring is 1. The molecule has 1 unspecified atom stereocenters. The van der Waals surface area contributed by atoms with Crippen LogP contribution in [-0.4, -0.2) is 33.4 Å². The lowest BCUT2D eigenvalue weighted by atomic mass is 10.1. The van der Waals surface area contributed by atoms with E-state index in [1.807, 2.05) is 15.5 Å². The molecule has 1 amide bonds. The SMILES string of the molecule is NC(=O)C1CCN(c2nc(N)cn3ccnc23)C1. The molecule has 0 bridgehead atoms. The summed E-state index contributed by atoms with van der Waals surface area (Å²) in [7, 11) is 0. The first kappa shape index (κ1) is 10.8. The van der Waals surface area contributed by atoms with Crippen LogP contribution in [0.15, 0.2) is 18.6 Å². The molecule has 1 aliphatic rings. The fraction of sp³-hybridized carbons (Fsp3) is 0.364. The molecule has 0 spiro atoms. The molecule has 2 aromatic rings. The van der Waals surface area contributed by atoms with E-state index in [9.17, 15) is 4.79 Å². The van der Waals surface area contributed by atoms with Crippen molar-refractivity contribution in [1.29, 1.82) is 0 Å². The predicted molar refractivity (Wildman–Crippen MR) is 66.9 cm³/mol. The highest BCUT2D eigenvalue weighted by atomic mass is 16.1. The van der Waals surface area contributed by atoms with E-state index in [0.717, 1.165) is 18.6 Å². The van der Waals surface area contributed by atoms with Gasteiger partial charge >= 0.3 is 0 Å². The standard InChI is InChI=1S/C11H14N6O/c12-8-6-17-4-2-14-10(17)11(15-8)16-3-1-7(5-16)9(13)18/h2,4,6-7H,1,3,5,12H2,(H2,13,18). The lowest BCUT2D eigenvalue weighted by molar-refractivity contribution is -0.121. The van der Waals surface area contributed by atoms with Crippen molar-refractivity contribution < 1.29 is 4.79 Å². The molecular formula is C11H14N6O. The molecule has 1 fully saturated rings. The molecule has 2 aromatic heterocycles. The van der Waals surface area contributed by atoms with Crippen molar-refractivity contribution in [2.24, 2.45) is 11.7 Å². The Hall–Kier alpha value is -2.31. The molecule has 4 N–H and O–H groups in total. The molecule has 7 nitrogen and oxygen atoms in total. The van der Waals surface area contributed by atoms with E-state index in [1.165, 1.54) is 0 Å². The number of aromatic nitrogens is 3. The number of primary amides is 1. The minimum absolute atomic E-state index is 0.122. The van der Waals surface area contributed by atoms with Crippen LogP contribution in [0.2, 0.25) is 0 Å². The first-order chi connectivity index (χ1) is 8.65. The average molecular weight is 246 g/mol. The molecule has 0 radical (unpaired) electrons. The summed E-state index contributed by atoms with van der Waals surface area (Å²) in [6.07, 6.45) is 5.98. The van der Waals surface area contributed by atoms with Crippen LogP contribution < -0.4 is 16.4 Å². The maximum Gasteiger partial charge on any atom is 0.222 e. The van der Waals surface area contributed by atoms with Gasteiger partial charge in [0.2, 0.25) is 5.91 Å². The van der Waals surface area contributed by atoms with Crippen molar-refractivity contribution in [3.63, 3.8) is 0 Å². The van der Waals surface area contributed by atoms with Crippen LogP contribution in [0, 0.1) is 5.92 Å². The second-order valence-electron chi connectivity index (χ2n) is 4.48. The fourth-order valence-electron chi connectivity index (χ4n) is 2.33. The van der Waals surface area contributed by atoms with Crippen LogP contribution in [0.3, 0.4) is 0 Å². The van der Waals surface area contributed by atoms with Crippen LogP contribution in [0.4, 0.5) is 11.6 Å². The van der Waals surface area contributed by atoms with Crippen molar-refractivity contribution in [3.8, 4) is 0 Å². The Morgan fingerprint density at radius 1 is 1.50 bits per heavy atom. The molecule has 0 saturated carbocycles. The summed E-state index contributed by atoms with van der Waals surface area (Å²) >= 11 is 0. The van der Waals surface area contributed by atoms with E-state index in [2.05, 4.69) is 9.97 Å². The number of nitrogens with two attached hydrogens (primary N) is 2. The highest BCUT2D eigenvalue weighted by Crippen LogP contribution is 2.25. The van der Waals surface area contributed by atoms with Crippen molar-refractivity contribution >= 4 is 23.2 Å². The number of hydrogen-bond donors (Lipinski definition) is 2. The second kappa shape index (κ2) is 3.86. The minimum atomic E-state index is -0.263. The molecule has 0 aliphatic carbocycles. The predicted octanol–water partition coefficient (Wildman–Crippen LogP) is -0.377. The number of carbonyl (C=O) groups excluding carboxylic acids is 1. The van der Waals surface area contributed by atoms with E-state index in [0.29, 0.717) is 18.2 Å². The van der Waals surface area contributed by atoms with Gasteiger partial charge in [0, 0.05) is 25.5 Å². The number of fused-ring (bicyclic) bond motifs is 1. The van der Waals surface area contributed by atoms with Gasteiger partial charge in [0.15, 0.2) is 11.5 Å². The minimum Gasteiger partial charge on any atom is -0.382 e. The zero-order valence-corrected chi connectivity index (χ0v) is 9.78. The van der Waals surface area contributed by atoms with Gasteiger partial charge < -0.3 is 20.8 Å². The molecule has 3 rings (SSSR count). The van der Waals surface area contributed by atoms with E-state index >= 15 is 0 Å². The van der Waals surface area contributed by atoms with Gasteiger partial charge in [-0.3, -0.25) is 4.79 Å². The van der Waals surface area contributed by atoms with Crippen molar-refractivity contribution in [2.75, 3.05) is 23.7 Å². The normalized spacial score (nSPS) is 19.6. The van der Waals surface area contributed by atoms with E-state index in [4.69, 9.17) is 11.5 Å². The first-order valence-electron chi connectivity index (χ1n) is 5.78. The van der Waals surface area contributed by atoms with Crippen LogP contribution in [0.1, 0.15) is 6.42 Å². The first-order valence-corrected chi connectivity index (χ1v) is 5.78. The van der Waals surface area contributed by atoms with Gasteiger partial charge in [-0.15, -0.1) is 0 Å². The number of nitrogens with zero attached hydrogens (tertiary/aromatic N) is 4. The summed E-state index contributed by atoms with van der Waals surface area (Å²) in [6, 6.07) is 0. The molecular weight excluding hydrogens is 232 g/mol. The van der Waals surface area contributed by atoms with Crippen LogP contribution in [0.5, 0.6) is 0 Å². The largest absolute Gasteiger partial charge is 0.382 e. The Kier molecular flexibility index (Phi) is 2.32. The lowest BCUT2D eigenvalue weighted by Crippen LogP contribution is -2.28. The van der Waals surface area contributed by atoms with E-state index < -0.39 is 0 Å². The number of carbonyl (C=O) groups is 1. The summed E-state index contributed by atoms with van der Waals surface area (Å²) in [6.45, 7) is 1.32. The highest BCUT2D eigenvalue weighted by molar-refractivity contribution is 5.79. The van der Waals surface area contributed by atoms with Gasteiger partial charge in [-0.1, -0.05) is 0 Å². The maximum absolute atomic E-state index is 11.2. The lowest BCUT2D eigenvalue weighted by Gasteiger charge is -2.17. The van der Waals surface area contributed by atoms with E-state index in [-0.39, 0.29) is 11.8 Å². The van der Waals surface area contributed by atoms with Gasteiger partial charge in [0.1, 0.15) is 5.82 Å². The third-order valence-corrected chi connectivity index (χ3v) is 3.27. The Morgan fingerprint density at radius 2 is 2.33 bits per heavy atom. The molecule has 1 atom stereocenters. The average Bonchev–Trinajstić information content (AvgIpc) is 2.95. The van der Waals surface area contributed by atoms with E-state index in [1.54, 1.807) is 12.4 Å². The Balaban J connectivity index is 1.99. The Labute approximate surface area is 103 Å². The van der Waals surface area contributed by atoms with Crippen LogP contribution in [0.25, 0.3) is 5.65 Å². The van der Waals surface area contributed by atoms with Crippen molar-refractivity contribution in [2.45, 2.75) is 6.42 Å². The molecule has 18 heavy (non-hydrogen) atoms. The zero-order valence-electron chi connectivity index (χ0n) is 9.78. The van der Waals surface area contributed by atoms with Gasteiger partial charge in [0.05, 0.1) is 12.1 Å². The number of rotatable bonds is 2. The van der Waals surface area contributed by atoms with Gasteiger partial charge in [0.25, 0.3) is 0 Å². The Morgan fingerprint density at radius 3 is 3.06 bits per heavy atom. The van der Waals surface area contributed by atoms with Gasteiger partial charge in [-0.05, 0) is 6.42 Å². The second-order valence-corrected chi connectivity index (χ2v) is 4.48. The topological polar surface area (TPSA) is 103 Å². The molecule has 1 aliphatic heterocycles. The summed E-state index contributed by atoms with van der Waals surface area (Å²) in [5, 5.41) is 0. The molecule has 7 heteroatoms. The van der Waals surface area contributed by atoms with Crippen LogP contribution in [-0.2, 0) is 4.79 Å². The fourth-order valence-corrected chi connectivity index (χ4v) is 2.33. The molecule has 3 heterocycles. The monoisotopic (exact) mass is 246 g/mol. The molecule has 0 aromatic carbocycles. The molecule has 1 saturated heterocycles. The summed E-state index contributed by atoms with van der Waals surface area (Å²) in [4.78, 5) is 21.8. The van der Waals surface area contributed by atoms with Crippen molar-refractivity contribution in [3.05, 3.63) is 18.6 Å². The number of imidazole rings is 1. The quantitative estimate of drug-likeness (QED) is 0.752. The third-order valence-electron chi connectivity index (χ3n) is 3.27. The smallest absolute Gasteiger partial charge is 0.222 e. The zero-order chi connectivity index (χ0) is 12.7.